The quantitative estimate of drug-likeness (QED) is 0.823. The van der Waals surface area contributed by atoms with Crippen molar-refractivity contribution in [2.45, 2.75) is 50.4 Å². The Balaban J connectivity index is 1.29. The zero-order chi connectivity index (χ0) is 18.6. The molecule has 1 aromatic carbocycles. The van der Waals surface area contributed by atoms with Gasteiger partial charge in [-0.25, -0.2) is 4.39 Å². The molecule has 4 atom stereocenters. The van der Waals surface area contributed by atoms with E-state index in [-0.39, 0.29) is 5.82 Å². The van der Waals surface area contributed by atoms with Crippen LogP contribution in [0.15, 0.2) is 24.3 Å². The monoisotopic (exact) mass is 376 g/mol. The van der Waals surface area contributed by atoms with Crippen LogP contribution in [0.4, 0.5) is 4.39 Å². The van der Waals surface area contributed by atoms with Crippen LogP contribution in [0.1, 0.15) is 31.2 Å². The number of hydrogen-bond donors (Lipinski definition) is 2. The van der Waals surface area contributed by atoms with E-state index in [1.807, 2.05) is 19.2 Å². The predicted molar refractivity (Wildman–Crippen MR) is 105 cm³/mol. The first kappa shape index (κ1) is 19.3. The number of methoxy groups -OCH3 is 1. The fraction of sp³-hybridized carbons (Fsp3) is 0.714. The molecule has 5 nitrogen and oxygen atoms in total. The summed E-state index contributed by atoms with van der Waals surface area (Å²) < 4.78 is 19.6. The summed E-state index contributed by atoms with van der Waals surface area (Å²) in [4.78, 5) is 4.97. The summed E-state index contributed by atoms with van der Waals surface area (Å²) in [7, 11) is 1.84. The molecule has 0 aromatic heterocycles. The molecule has 2 N–H and O–H groups in total. The molecule has 0 bridgehead atoms. The molecule has 4 unspecified atom stereocenters. The van der Waals surface area contributed by atoms with Crippen molar-refractivity contribution in [3.05, 3.63) is 35.6 Å². The highest BCUT2D eigenvalue weighted by Crippen LogP contribution is 2.32. The standard InChI is InChI=1S/C21H33FN4O/c1-27-17-7-8-20-18(13-17)21(24-23-20)15-26-10-4-9-25(11-12-26)14-16-5-2-3-6-19(16)22/h2-3,5-6,17-18,20-21,23-24H,4,7-15H2,1H3. The van der Waals surface area contributed by atoms with Crippen molar-refractivity contribution in [2.24, 2.45) is 5.92 Å². The van der Waals surface area contributed by atoms with Crippen molar-refractivity contribution < 1.29 is 9.13 Å². The summed E-state index contributed by atoms with van der Waals surface area (Å²) in [5.74, 6) is 0.567. The SMILES string of the molecule is COC1CCC2NNC(CN3CCCN(Cc4ccccc4F)CC3)C2C1. The maximum atomic E-state index is 13.9. The Morgan fingerprint density at radius 2 is 1.89 bits per heavy atom. The Morgan fingerprint density at radius 3 is 2.74 bits per heavy atom. The van der Waals surface area contributed by atoms with E-state index in [2.05, 4.69) is 20.7 Å². The highest BCUT2D eigenvalue weighted by atomic mass is 19.1. The van der Waals surface area contributed by atoms with Gasteiger partial charge in [0, 0.05) is 50.9 Å². The fourth-order valence-corrected chi connectivity index (χ4v) is 5.02. The van der Waals surface area contributed by atoms with Crippen LogP contribution >= 0.6 is 0 Å². The van der Waals surface area contributed by atoms with E-state index in [4.69, 9.17) is 4.74 Å². The van der Waals surface area contributed by atoms with Gasteiger partial charge in [0.2, 0.25) is 0 Å². The summed E-state index contributed by atoms with van der Waals surface area (Å²) >= 11 is 0. The number of benzene rings is 1. The number of halogens is 1. The lowest BCUT2D eigenvalue weighted by Gasteiger charge is -2.34. The molecular weight excluding hydrogens is 343 g/mol. The molecule has 27 heavy (non-hydrogen) atoms. The smallest absolute Gasteiger partial charge is 0.127 e. The van der Waals surface area contributed by atoms with Gasteiger partial charge in [-0.3, -0.25) is 15.8 Å². The first-order valence-electron chi connectivity index (χ1n) is 10.4. The summed E-state index contributed by atoms with van der Waals surface area (Å²) in [6.45, 7) is 6.01. The van der Waals surface area contributed by atoms with Crippen molar-refractivity contribution >= 4 is 0 Å². The fourth-order valence-electron chi connectivity index (χ4n) is 5.02. The Kier molecular flexibility index (Phi) is 6.40. The minimum absolute atomic E-state index is 0.0872. The van der Waals surface area contributed by atoms with Crippen molar-refractivity contribution in [3.63, 3.8) is 0 Å². The molecule has 0 spiro atoms. The van der Waals surface area contributed by atoms with E-state index in [9.17, 15) is 4.39 Å². The minimum atomic E-state index is -0.0872. The normalized spacial score (nSPS) is 33.0. The zero-order valence-electron chi connectivity index (χ0n) is 16.4. The number of ether oxygens (including phenoxy) is 1. The summed E-state index contributed by atoms with van der Waals surface area (Å²) in [5, 5.41) is 0. The van der Waals surface area contributed by atoms with E-state index >= 15 is 0 Å². The van der Waals surface area contributed by atoms with Crippen molar-refractivity contribution in [1.82, 2.24) is 20.7 Å². The Bertz CT molecular complexity index is 616. The van der Waals surface area contributed by atoms with Gasteiger partial charge in [0.25, 0.3) is 0 Å². The molecule has 3 fully saturated rings. The Morgan fingerprint density at radius 1 is 1.07 bits per heavy atom. The lowest BCUT2D eigenvalue weighted by Crippen LogP contribution is -2.44. The average molecular weight is 377 g/mol. The van der Waals surface area contributed by atoms with Gasteiger partial charge in [-0.2, -0.15) is 0 Å². The number of rotatable bonds is 5. The number of fused-ring (bicyclic) bond motifs is 1. The van der Waals surface area contributed by atoms with Crippen molar-refractivity contribution in [3.8, 4) is 0 Å². The van der Waals surface area contributed by atoms with Gasteiger partial charge in [-0.05, 0) is 50.8 Å². The molecule has 3 aliphatic rings. The second-order valence-electron chi connectivity index (χ2n) is 8.36. The second kappa shape index (κ2) is 8.97. The van der Waals surface area contributed by atoms with Crippen molar-refractivity contribution in [2.75, 3.05) is 39.8 Å². The van der Waals surface area contributed by atoms with Gasteiger partial charge >= 0.3 is 0 Å². The maximum Gasteiger partial charge on any atom is 0.127 e. The van der Waals surface area contributed by atoms with E-state index in [0.717, 1.165) is 57.5 Å². The molecule has 2 heterocycles. The Labute approximate surface area is 162 Å². The van der Waals surface area contributed by atoms with Crippen LogP contribution in [0.2, 0.25) is 0 Å². The van der Waals surface area contributed by atoms with E-state index in [0.29, 0.717) is 30.7 Å². The number of nitrogens with one attached hydrogen (secondary N) is 2. The van der Waals surface area contributed by atoms with E-state index in [1.54, 1.807) is 12.1 Å². The highest BCUT2D eigenvalue weighted by molar-refractivity contribution is 5.17. The molecule has 0 amide bonds. The molecule has 1 aromatic rings. The van der Waals surface area contributed by atoms with Crippen LogP contribution in [-0.4, -0.2) is 67.8 Å². The second-order valence-corrected chi connectivity index (χ2v) is 8.36. The lowest BCUT2D eigenvalue weighted by atomic mass is 9.80. The molecule has 0 radical (unpaired) electrons. The molecule has 6 heteroatoms. The third kappa shape index (κ3) is 4.69. The maximum absolute atomic E-state index is 13.9. The van der Waals surface area contributed by atoms with Gasteiger partial charge in [0.05, 0.1) is 6.10 Å². The molecule has 4 rings (SSSR count). The summed E-state index contributed by atoms with van der Waals surface area (Å²) in [5.41, 5.74) is 7.89. The van der Waals surface area contributed by atoms with Crippen LogP contribution in [0.3, 0.4) is 0 Å². The van der Waals surface area contributed by atoms with Crippen LogP contribution in [0, 0.1) is 11.7 Å². The molecule has 1 aliphatic carbocycles. The van der Waals surface area contributed by atoms with Crippen LogP contribution in [0.25, 0.3) is 0 Å². The van der Waals surface area contributed by atoms with Gasteiger partial charge in [0.1, 0.15) is 5.82 Å². The van der Waals surface area contributed by atoms with Crippen LogP contribution in [-0.2, 0) is 11.3 Å². The summed E-state index contributed by atoms with van der Waals surface area (Å²) in [6, 6.07) is 8.23. The number of nitrogens with zero attached hydrogens (tertiary/aromatic N) is 2. The number of hydrogen-bond acceptors (Lipinski definition) is 5. The first-order valence-corrected chi connectivity index (χ1v) is 10.4. The van der Waals surface area contributed by atoms with Gasteiger partial charge in [-0.15, -0.1) is 0 Å². The van der Waals surface area contributed by atoms with Gasteiger partial charge in [-0.1, -0.05) is 18.2 Å². The summed E-state index contributed by atoms with van der Waals surface area (Å²) in [6.07, 6.45) is 5.06. The van der Waals surface area contributed by atoms with Gasteiger partial charge in [0.15, 0.2) is 0 Å². The third-order valence-electron chi connectivity index (χ3n) is 6.64. The topological polar surface area (TPSA) is 39.8 Å². The number of hydrazine groups is 1. The molecule has 150 valence electrons. The molecule has 2 saturated heterocycles. The minimum Gasteiger partial charge on any atom is -0.381 e. The zero-order valence-corrected chi connectivity index (χ0v) is 16.4. The average Bonchev–Trinajstić information content (AvgIpc) is 2.95. The van der Waals surface area contributed by atoms with Crippen LogP contribution < -0.4 is 10.9 Å². The first-order chi connectivity index (χ1) is 13.2. The van der Waals surface area contributed by atoms with Crippen LogP contribution in [0.5, 0.6) is 0 Å². The molecular formula is C21H33FN4O. The van der Waals surface area contributed by atoms with Crippen molar-refractivity contribution in [1.29, 1.82) is 0 Å². The molecule has 1 saturated carbocycles. The van der Waals surface area contributed by atoms with E-state index < -0.39 is 0 Å². The highest BCUT2D eigenvalue weighted by Gasteiger charge is 2.41. The largest absolute Gasteiger partial charge is 0.381 e. The lowest BCUT2D eigenvalue weighted by molar-refractivity contribution is 0.0415. The predicted octanol–water partition coefficient (Wildman–Crippen LogP) is 1.99. The van der Waals surface area contributed by atoms with E-state index in [1.165, 1.54) is 6.42 Å². The third-order valence-corrected chi connectivity index (χ3v) is 6.64. The Hall–Kier alpha value is -1.05. The van der Waals surface area contributed by atoms with Gasteiger partial charge < -0.3 is 9.64 Å². The molecule has 2 aliphatic heterocycles.